The number of aryl methyl sites for hydroxylation is 1. The van der Waals surface area contributed by atoms with Crippen molar-refractivity contribution in [2.45, 2.75) is 44.6 Å². The number of amides is 2. The second-order valence-corrected chi connectivity index (χ2v) is 6.70. The lowest BCUT2D eigenvalue weighted by atomic mass is 9.79. The summed E-state index contributed by atoms with van der Waals surface area (Å²) >= 11 is 0. The Bertz CT molecular complexity index is 749. The van der Waals surface area contributed by atoms with E-state index >= 15 is 0 Å². The molecule has 1 saturated carbocycles. The van der Waals surface area contributed by atoms with Crippen LogP contribution >= 0.6 is 0 Å². The zero-order valence-corrected chi connectivity index (χ0v) is 14.7. The number of carbonyl (C=O) groups excluding carboxylic acids is 2. The monoisotopic (exact) mass is 340 g/mol. The number of hydrogen-bond acceptors (Lipinski definition) is 3. The van der Waals surface area contributed by atoms with Gasteiger partial charge in [0, 0.05) is 18.9 Å². The van der Waals surface area contributed by atoms with Gasteiger partial charge >= 0.3 is 0 Å². The first-order chi connectivity index (χ1) is 12.0. The normalized spacial score (nSPS) is 16.2. The summed E-state index contributed by atoms with van der Waals surface area (Å²) < 4.78 is 0. The number of aromatic nitrogens is 2. The smallest absolute Gasteiger partial charge is 0.272 e. The number of benzene rings is 1. The predicted octanol–water partition coefficient (Wildman–Crippen LogP) is 3.13. The minimum atomic E-state index is -0.831. The molecule has 3 rings (SSSR count). The molecule has 1 aromatic carbocycles. The van der Waals surface area contributed by atoms with E-state index in [9.17, 15) is 9.59 Å². The molecule has 2 N–H and O–H groups in total. The lowest BCUT2D eigenvalue weighted by Gasteiger charge is -2.43. The summed E-state index contributed by atoms with van der Waals surface area (Å²) in [5.74, 6) is -0.323. The second-order valence-electron chi connectivity index (χ2n) is 6.70. The molecule has 1 aliphatic carbocycles. The summed E-state index contributed by atoms with van der Waals surface area (Å²) in [6.45, 7) is 1.96. The van der Waals surface area contributed by atoms with Crippen LogP contribution in [0.4, 0.5) is 5.69 Å². The Hall–Kier alpha value is -2.63. The van der Waals surface area contributed by atoms with E-state index in [1.165, 1.54) is 0 Å². The highest BCUT2D eigenvalue weighted by atomic mass is 16.2. The molecule has 0 radical (unpaired) electrons. The molecule has 0 atom stereocenters. The third kappa shape index (κ3) is 3.29. The maximum Gasteiger partial charge on any atom is 0.272 e. The number of para-hydroxylation sites is 1. The Kier molecular flexibility index (Phi) is 4.88. The van der Waals surface area contributed by atoms with Crippen molar-refractivity contribution in [3.05, 3.63) is 47.8 Å². The molecule has 132 valence electrons. The van der Waals surface area contributed by atoms with Gasteiger partial charge in [-0.25, -0.2) is 0 Å². The highest BCUT2D eigenvalue weighted by Gasteiger charge is 2.45. The Morgan fingerprint density at radius 2 is 1.88 bits per heavy atom. The van der Waals surface area contributed by atoms with Crippen molar-refractivity contribution in [1.82, 2.24) is 15.1 Å². The van der Waals surface area contributed by atoms with Crippen LogP contribution in [0, 0.1) is 6.92 Å². The zero-order valence-electron chi connectivity index (χ0n) is 14.7. The lowest BCUT2D eigenvalue weighted by Crippen LogP contribution is -2.58. The van der Waals surface area contributed by atoms with Crippen LogP contribution in [0.2, 0.25) is 0 Å². The molecule has 1 heterocycles. The van der Waals surface area contributed by atoms with Crippen LogP contribution in [-0.4, -0.2) is 39.5 Å². The molecular formula is C19H24N4O2. The Morgan fingerprint density at radius 3 is 2.52 bits per heavy atom. The largest absolute Gasteiger partial charge is 0.326 e. The standard InChI is InChI=1S/C19H24N4O2/c1-14-8-4-5-9-15(14)21-18(25)19(11-6-3-7-12-19)23(2)17(24)16-10-13-20-22-16/h4-5,8-10,13H,3,6-7,11-12H2,1-2H3,(H,20,22)(H,21,25). The van der Waals surface area contributed by atoms with Gasteiger partial charge in [0.1, 0.15) is 11.2 Å². The van der Waals surface area contributed by atoms with Crippen molar-refractivity contribution >= 4 is 17.5 Å². The first kappa shape index (κ1) is 17.2. The molecular weight excluding hydrogens is 316 g/mol. The first-order valence-electron chi connectivity index (χ1n) is 8.69. The van der Waals surface area contributed by atoms with Crippen LogP contribution in [0.25, 0.3) is 0 Å². The summed E-state index contributed by atoms with van der Waals surface area (Å²) in [5, 5.41) is 9.59. The summed E-state index contributed by atoms with van der Waals surface area (Å²) in [7, 11) is 1.71. The van der Waals surface area contributed by atoms with E-state index in [1.54, 1.807) is 24.2 Å². The Morgan fingerprint density at radius 1 is 1.16 bits per heavy atom. The summed E-state index contributed by atoms with van der Waals surface area (Å²) in [6.07, 6.45) is 5.83. The van der Waals surface area contributed by atoms with Crippen LogP contribution in [-0.2, 0) is 4.79 Å². The molecule has 1 aliphatic rings. The van der Waals surface area contributed by atoms with Gasteiger partial charge in [0.2, 0.25) is 5.91 Å². The molecule has 6 heteroatoms. The number of anilines is 1. The van der Waals surface area contributed by atoms with Gasteiger partial charge in [-0.1, -0.05) is 37.5 Å². The van der Waals surface area contributed by atoms with E-state index in [1.807, 2.05) is 31.2 Å². The van der Waals surface area contributed by atoms with E-state index in [4.69, 9.17) is 0 Å². The second kappa shape index (κ2) is 7.09. The maximum absolute atomic E-state index is 13.2. The molecule has 1 aromatic heterocycles. The van der Waals surface area contributed by atoms with Gasteiger partial charge < -0.3 is 10.2 Å². The van der Waals surface area contributed by atoms with Crippen LogP contribution in [0.3, 0.4) is 0 Å². The number of rotatable bonds is 4. The average Bonchev–Trinajstić information content (AvgIpc) is 3.17. The number of nitrogens with zero attached hydrogens (tertiary/aromatic N) is 2. The van der Waals surface area contributed by atoms with Gasteiger partial charge in [-0.3, -0.25) is 14.7 Å². The van der Waals surface area contributed by atoms with Crippen LogP contribution in [0.15, 0.2) is 36.5 Å². The molecule has 0 bridgehead atoms. The van der Waals surface area contributed by atoms with E-state index < -0.39 is 5.54 Å². The van der Waals surface area contributed by atoms with Crippen LogP contribution < -0.4 is 5.32 Å². The fourth-order valence-electron chi connectivity index (χ4n) is 3.55. The quantitative estimate of drug-likeness (QED) is 0.897. The van der Waals surface area contributed by atoms with E-state index in [2.05, 4.69) is 15.5 Å². The third-order valence-electron chi connectivity index (χ3n) is 5.17. The molecule has 1 fully saturated rings. The van der Waals surface area contributed by atoms with Crippen molar-refractivity contribution in [3.8, 4) is 0 Å². The number of aromatic amines is 1. The topological polar surface area (TPSA) is 78.1 Å². The highest BCUT2D eigenvalue weighted by Crippen LogP contribution is 2.35. The molecule has 25 heavy (non-hydrogen) atoms. The van der Waals surface area contributed by atoms with Gasteiger partial charge in [0.25, 0.3) is 5.91 Å². The van der Waals surface area contributed by atoms with Crippen LogP contribution in [0.5, 0.6) is 0 Å². The van der Waals surface area contributed by atoms with Crippen molar-refractivity contribution in [2.75, 3.05) is 12.4 Å². The number of nitrogens with one attached hydrogen (secondary N) is 2. The number of likely N-dealkylation sites (N-methyl/N-ethyl adjacent to an activating group) is 1. The van der Waals surface area contributed by atoms with Gasteiger partial charge in [-0.2, -0.15) is 5.10 Å². The van der Waals surface area contributed by atoms with Gasteiger partial charge in [-0.15, -0.1) is 0 Å². The van der Waals surface area contributed by atoms with E-state index in [0.717, 1.165) is 30.5 Å². The van der Waals surface area contributed by atoms with Crippen molar-refractivity contribution in [1.29, 1.82) is 0 Å². The lowest BCUT2D eigenvalue weighted by molar-refractivity contribution is -0.128. The van der Waals surface area contributed by atoms with Crippen molar-refractivity contribution in [3.63, 3.8) is 0 Å². The fourth-order valence-corrected chi connectivity index (χ4v) is 3.55. The third-order valence-corrected chi connectivity index (χ3v) is 5.17. The molecule has 0 unspecified atom stereocenters. The summed E-state index contributed by atoms with van der Waals surface area (Å²) in [6, 6.07) is 9.32. The van der Waals surface area contributed by atoms with Crippen LogP contribution in [0.1, 0.15) is 48.2 Å². The predicted molar refractivity (Wildman–Crippen MR) is 96.3 cm³/mol. The van der Waals surface area contributed by atoms with E-state index in [0.29, 0.717) is 18.5 Å². The number of carbonyl (C=O) groups is 2. The SMILES string of the molecule is Cc1ccccc1NC(=O)C1(N(C)C(=O)c2ccn[nH]2)CCCCC1. The fraction of sp³-hybridized carbons (Fsp3) is 0.421. The molecule has 0 aliphatic heterocycles. The van der Waals surface area contributed by atoms with Gasteiger partial charge in [-0.05, 0) is 37.5 Å². The number of hydrogen-bond donors (Lipinski definition) is 2. The summed E-state index contributed by atoms with van der Waals surface area (Å²) in [5.41, 5.74) is 1.36. The average molecular weight is 340 g/mol. The first-order valence-corrected chi connectivity index (χ1v) is 8.69. The summed E-state index contributed by atoms with van der Waals surface area (Å²) in [4.78, 5) is 27.6. The van der Waals surface area contributed by atoms with Gasteiger partial charge in [0.15, 0.2) is 0 Å². The Balaban J connectivity index is 1.89. The molecule has 2 amide bonds. The zero-order chi connectivity index (χ0) is 17.9. The van der Waals surface area contributed by atoms with Gasteiger partial charge in [0.05, 0.1) is 0 Å². The number of H-pyrrole nitrogens is 1. The minimum Gasteiger partial charge on any atom is -0.326 e. The minimum absolute atomic E-state index is 0.114. The van der Waals surface area contributed by atoms with Crippen molar-refractivity contribution in [2.24, 2.45) is 0 Å². The molecule has 0 saturated heterocycles. The van der Waals surface area contributed by atoms with E-state index in [-0.39, 0.29) is 11.8 Å². The molecule has 2 aromatic rings. The highest BCUT2D eigenvalue weighted by molar-refractivity contribution is 6.03. The Labute approximate surface area is 147 Å². The molecule has 6 nitrogen and oxygen atoms in total. The molecule has 0 spiro atoms. The maximum atomic E-state index is 13.2. The van der Waals surface area contributed by atoms with Crippen molar-refractivity contribution < 1.29 is 9.59 Å².